The molecular weight excluding hydrogens is 144 g/mol. The Balaban J connectivity index is 2.49. The summed E-state index contributed by atoms with van der Waals surface area (Å²) < 4.78 is 4.62. The van der Waals surface area contributed by atoms with Gasteiger partial charge in [-0.15, -0.1) is 0 Å². The molecule has 0 aliphatic heterocycles. The van der Waals surface area contributed by atoms with Crippen molar-refractivity contribution in [3.63, 3.8) is 0 Å². The van der Waals surface area contributed by atoms with Gasteiger partial charge < -0.3 is 9.84 Å². The van der Waals surface area contributed by atoms with E-state index in [0.29, 0.717) is 0 Å². The summed E-state index contributed by atoms with van der Waals surface area (Å²) in [5, 5.41) is 8.87. The summed E-state index contributed by atoms with van der Waals surface area (Å²) in [5.41, 5.74) is 0. The largest absolute Gasteiger partial charge is 0.469 e. The number of hydrogen-bond donors (Lipinski definition) is 1. The van der Waals surface area contributed by atoms with E-state index in [9.17, 15) is 4.79 Å². The van der Waals surface area contributed by atoms with Gasteiger partial charge in [0.1, 0.15) is 0 Å². The van der Waals surface area contributed by atoms with Crippen molar-refractivity contribution < 1.29 is 14.6 Å². The van der Waals surface area contributed by atoms with Gasteiger partial charge in [-0.25, -0.2) is 0 Å². The molecule has 2 unspecified atom stereocenters. The molecule has 3 nitrogen and oxygen atoms in total. The van der Waals surface area contributed by atoms with Crippen LogP contribution in [0.4, 0.5) is 0 Å². The van der Waals surface area contributed by atoms with Crippen LogP contribution in [0.5, 0.6) is 0 Å². The third-order valence-corrected chi connectivity index (χ3v) is 2.40. The molecule has 3 heteroatoms. The predicted octanol–water partition coefficient (Wildman–Crippen LogP) is 0.568. The molecule has 0 aromatic carbocycles. The molecule has 1 aliphatic carbocycles. The van der Waals surface area contributed by atoms with Gasteiger partial charge in [0.25, 0.3) is 0 Å². The fourth-order valence-corrected chi connectivity index (χ4v) is 1.72. The van der Waals surface area contributed by atoms with Crippen molar-refractivity contribution in [1.82, 2.24) is 0 Å². The average Bonchev–Trinajstić information content (AvgIpc) is 2.50. The van der Waals surface area contributed by atoms with Crippen molar-refractivity contribution in [2.45, 2.75) is 19.3 Å². The van der Waals surface area contributed by atoms with Crippen LogP contribution in [-0.4, -0.2) is 24.8 Å². The van der Waals surface area contributed by atoms with Gasteiger partial charge in [-0.3, -0.25) is 4.79 Å². The van der Waals surface area contributed by atoms with Gasteiger partial charge in [0.2, 0.25) is 0 Å². The highest BCUT2D eigenvalue weighted by Crippen LogP contribution is 2.31. The van der Waals surface area contributed by atoms with E-state index < -0.39 is 0 Å². The number of ether oxygens (including phenoxy) is 1. The number of carbonyl (C=O) groups excluding carboxylic acids is 1. The smallest absolute Gasteiger partial charge is 0.309 e. The average molecular weight is 158 g/mol. The zero-order valence-electron chi connectivity index (χ0n) is 6.75. The Morgan fingerprint density at radius 2 is 2.36 bits per heavy atom. The first kappa shape index (κ1) is 8.53. The molecule has 1 rings (SSSR count). The highest BCUT2D eigenvalue weighted by atomic mass is 16.5. The van der Waals surface area contributed by atoms with E-state index in [0.717, 1.165) is 19.3 Å². The molecular formula is C8H14O3. The van der Waals surface area contributed by atoms with Crippen LogP contribution >= 0.6 is 0 Å². The van der Waals surface area contributed by atoms with Gasteiger partial charge in [-0.05, 0) is 18.8 Å². The summed E-state index contributed by atoms with van der Waals surface area (Å²) >= 11 is 0. The van der Waals surface area contributed by atoms with E-state index in [-0.39, 0.29) is 24.4 Å². The molecule has 1 fully saturated rings. The van der Waals surface area contributed by atoms with Crippen molar-refractivity contribution in [3.05, 3.63) is 0 Å². The van der Waals surface area contributed by atoms with Crippen LogP contribution in [0.1, 0.15) is 19.3 Å². The Labute approximate surface area is 66.4 Å². The minimum Gasteiger partial charge on any atom is -0.469 e. The summed E-state index contributed by atoms with van der Waals surface area (Å²) in [4.78, 5) is 11.1. The quantitative estimate of drug-likeness (QED) is 0.597. The molecule has 11 heavy (non-hydrogen) atoms. The Kier molecular flexibility index (Phi) is 2.88. The lowest BCUT2D eigenvalue weighted by Gasteiger charge is -2.13. The maximum atomic E-state index is 11.1. The van der Waals surface area contributed by atoms with Crippen molar-refractivity contribution in [2.75, 3.05) is 13.7 Å². The van der Waals surface area contributed by atoms with Gasteiger partial charge in [0.05, 0.1) is 13.0 Å². The number of hydrogen-bond acceptors (Lipinski definition) is 3. The summed E-state index contributed by atoms with van der Waals surface area (Å²) in [6.07, 6.45) is 2.86. The lowest BCUT2D eigenvalue weighted by Crippen LogP contribution is -2.22. The predicted molar refractivity (Wildman–Crippen MR) is 39.9 cm³/mol. The monoisotopic (exact) mass is 158 g/mol. The fraction of sp³-hybridized carbons (Fsp3) is 0.875. The molecule has 1 saturated carbocycles. The summed E-state index contributed by atoms with van der Waals surface area (Å²) in [6, 6.07) is 0. The van der Waals surface area contributed by atoms with Crippen molar-refractivity contribution in [3.8, 4) is 0 Å². The van der Waals surface area contributed by atoms with Crippen molar-refractivity contribution in [2.24, 2.45) is 11.8 Å². The van der Waals surface area contributed by atoms with E-state index >= 15 is 0 Å². The van der Waals surface area contributed by atoms with E-state index in [1.54, 1.807) is 0 Å². The van der Waals surface area contributed by atoms with Gasteiger partial charge >= 0.3 is 5.97 Å². The lowest BCUT2D eigenvalue weighted by atomic mass is 9.97. The molecule has 0 saturated heterocycles. The summed E-state index contributed by atoms with van der Waals surface area (Å²) in [5.74, 6) is -0.0750. The van der Waals surface area contributed by atoms with Crippen LogP contribution in [0.2, 0.25) is 0 Å². The number of esters is 1. The standard InChI is InChI=1S/C8H14O3/c1-11-8(10)7-4-2-3-6(7)5-9/h6-7,9H,2-5H2,1H3. The molecule has 1 N–H and O–H groups in total. The molecule has 64 valence electrons. The first-order valence-electron chi connectivity index (χ1n) is 3.98. The summed E-state index contributed by atoms with van der Waals surface area (Å²) in [7, 11) is 1.40. The maximum absolute atomic E-state index is 11.1. The van der Waals surface area contributed by atoms with Crippen LogP contribution in [-0.2, 0) is 9.53 Å². The van der Waals surface area contributed by atoms with E-state index in [1.807, 2.05) is 0 Å². The second-order valence-electron chi connectivity index (χ2n) is 3.00. The van der Waals surface area contributed by atoms with E-state index in [1.165, 1.54) is 7.11 Å². The normalized spacial score (nSPS) is 30.4. The second-order valence-corrected chi connectivity index (χ2v) is 3.00. The topological polar surface area (TPSA) is 46.5 Å². The molecule has 0 aromatic rings. The number of aliphatic hydroxyl groups is 1. The van der Waals surface area contributed by atoms with Crippen molar-refractivity contribution >= 4 is 5.97 Å². The number of aliphatic hydroxyl groups excluding tert-OH is 1. The molecule has 0 aromatic heterocycles. The molecule has 0 radical (unpaired) electrons. The molecule has 1 aliphatic rings. The van der Waals surface area contributed by atoms with E-state index in [4.69, 9.17) is 5.11 Å². The molecule has 0 spiro atoms. The SMILES string of the molecule is COC(=O)C1CCCC1CO. The zero-order valence-corrected chi connectivity index (χ0v) is 6.75. The third kappa shape index (κ3) is 1.71. The Morgan fingerprint density at radius 1 is 1.64 bits per heavy atom. The first-order chi connectivity index (χ1) is 5.29. The molecule has 0 bridgehead atoms. The van der Waals surface area contributed by atoms with Gasteiger partial charge in [0, 0.05) is 6.61 Å². The zero-order chi connectivity index (χ0) is 8.27. The Hall–Kier alpha value is -0.570. The van der Waals surface area contributed by atoms with Crippen molar-refractivity contribution in [1.29, 1.82) is 0 Å². The highest BCUT2D eigenvalue weighted by molar-refractivity contribution is 5.72. The van der Waals surface area contributed by atoms with Gasteiger partial charge in [0.15, 0.2) is 0 Å². The molecule has 0 amide bonds. The van der Waals surface area contributed by atoms with Crippen LogP contribution in [0.25, 0.3) is 0 Å². The van der Waals surface area contributed by atoms with E-state index in [2.05, 4.69) is 4.74 Å². The number of rotatable bonds is 2. The van der Waals surface area contributed by atoms with Crippen LogP contribution in [0.15, 0.2) is 0 Å². The Morgan fingerprint density at radius 3 is 2.91 bits per heavy atom. The number of methoxy groups -OCH3 is 1. The fourth-order valence-electron chi connectivity index (χ4n) is 1.72. The summed E-state index contributed by atoms with van der Waals surface area (Å²) in [6.45, 7) is 0.111. The Bertz CT molecular complexity index is 144. The van der Waals surface area contributed by atoms with Crippen LogP contribution in [0.3, 0.4) is 0 Å². The first-order valence-corrected chi connectivity index (χ1v) is 3.98. The maximum Gasteiger partial charge on any atom is 0.309 e. The van der Waals surface area contributed by atoms with Crippen LogP contribution in [0, 0.1) is 11.8 Å². The minimum atomic E-state index is -0.165. The van der Waals surface area contributed by atoms with Gasteiger partial charge in [-0.1, -0.05) is 6.42 Å². The molecule has 0 heterocycles. The lowest BCUT2D eigenvalue weighted by molar-refractivity contribution is -0.147. The number of carbonyl (C=O) groups is 1. The third-order valence-electron chi connectivity index (χ3n) is 2.40. The second kappa shape index (κ2) is 3.72. The minimum absolute atomic E-state index is 0.0509. The van der Waals surface area contributed by atoms with Crippen LogP contribution < -0.4 is 0 Å². The van der Waals surface area contributed by atoms with Gasteiger partial charge in [-0.2, -0.15) is 0 Å². The highest BCUT2D eigenvalue weighted by Gasteiger charge is 2.32. The molecule has 2 atom stereocenters.